The number of rotatable bonds is 3. The van der Waals surface area contributed by atoms with Gasteiger partial charge in [0, 0.05) is 42.0 Å². The predicted molar refractivity (Wildman–Crippen MR) is 92.8 cm³/mol. The fraction of sp³-hybridized carbons (Fsp3) is 0.667. The van der Waals surface area contributed by atoms with Crippen molar-refractivity contribution in [3.05, 3.63) is 28.8 Å². The van der Waals surface area contributed by atoms with Crippen LogP contribution in [0.4, 0.5) is 5.69 Å². The second-order valence-electron chi connectivity index (χ2n) is 7.32. The number of nitrogens with zero attached hydrogens (tertiary/aromatic N) is 1. The van der Waals surface area contributed by atoms with Gasteiger partial charge in [0.05, 0.1) is 6.61 Å². The van der Waals surface area contributed by atoms with Gasteiger partial charge in [0.1, 0.15) is 0 Å². The SMILES string of the molecule is COCc1ccc(N2CC(C)(C)N[C@@H]3CCCC[C@H]32)cc1Cl. The Kier molecular flexibility index (Phi) is 4.67. The molecule has 0 radical (unpaired) electrons. The summed E-state index contributed by atoms with van der Waals surface area (Å²) in [6, 6.07) is 7.60. The Balaban J connectivity index is 1.89. The first-order valence-corrected chi connectivity index (χ1v) is 8.70. The molecule has 0 aromatic heterocycles. The van der Waals surface area contributed by atoms with E-state index in [9.17, 15) is 0 Å². The molecule has 2 atom stereocenters. The van der Waals surface area contributed by atoms with Crippen LogP contribution in [0.2, 0.25) is 5.02 Å². The zero-order chi connectivity index (χ0) is 15.7. The van der Waals surface area contributed by atoms with E-state index in [1.165, 1.54) is 31.4 Å². The maximum absolute atomic E-state index is 6.45. The third-order valence-corrected chi connectivity index (χ3v) is 5.29. The van der Waals surface area contributed by atoms with Crippen LogP contribution in [0.5, 0.6) is 0 Å². The summed E-state index contributed by atoms with van der Waals surface area (Å²) in [5, 5.41) is 4.65. The smallest absolute Gasteiger partial charge is 0.0727 e. The van der Waals surface area contributed by atoms with E-state index in [4.69, 9.17) is 16.3 Å². The highest BCUT2D eigenvalue weighted by Gasteiger charge is 2.40. The molecule has 2 fully saturated rings. The molecule has 122 valence electrons. The molecule has 2 aliphatic rings. The van der Waals surface area contributed by atoms with E-state index >= 15 is 0 Å². The molecule has 1 aromatic carbocycles. The Morgan fingerprint density at radius 2 is 2.09 bits per heavy atom. The average Bonchev–Trinajstić information content (AvgIpc) is 2.48. The summed E-state index contributed by atoms with van der Waals surface area (Å²) in [6.07, 6.45) is 5.21. The van der Waals surface area contributed by atoms with Gasteiger partial charge in [0.2, 0.25) is 0 Å². The molecule has 3 nitrogen and oxygen atoms in total. The minimum absolute atomic E-state index is 0.135. The van der Waals surface area contributed by atoms with Crippen LogP contribution in [0.1, 0.15) is 45.1 Å². The van der Waals surface area contributed by atoms with Crippen LogP contribution >= 0.6 is 11.6 Å². The number of piperazine rings is 1. The van der Waals surface area contributed by atoms with Crippen LogP contribution in [0.15, 0.2) is 18.2 Å². The number of nitrogens with one attached hydrogen (secondary N) is 1. The third kappa shape index (κ3) is 3.27. The van der Waals surface area contributed by atoms with Crippen molar-refractivity contribution in [2.45, 2.75) is 63.8 Å². The lowest BCUT2D eigenvalue weighted by molar-refractivity contribution is 0.185. The Morgan fingerprint density at radius 3 is 2.82 bits per heavy atom. The zero-order valence-electron chi connectivity index (χ0n) is 13.9. The minimum atomic E-state index is 0.135. The van der Waals surface area contributed by atoms with Gasteiger partial charge in [0.15, 0.2) is 0 Å². The quantitative estimate of drug-likeness (QED) is 0.910. The van der Waals surface area contributed by atoms with Gasteiger partial charge in [-0.1, -0.05) is 30.5 Å². The summed E-state index contributed by atoms with van der Waals surface area (Å²) in [5.74, 6) is 0. The van der Waals surface area contributed by atoms with Gasteiger partial charge in [-0.15, -0.1) is 0 Å². The van der Waals surface area contributed by atoms with Crippen molar-refractivity contribution in [1.82, 2.24) is 5.32 Å². The summed E-state index contributed by atoms with van der Waals surface area (Å²) < 4.78 is 5.20. The number of methoxy groups -OCH3 is 1. The molecular weight excluding hydrogens is 296 g/mol. The fourth-order valence-electron chi connectivity index (χ4n) is 4.01. The molecule has 22 heavy (non-hydrogen) atoms. The largest absolute Gasteiger partial charge is 0.380 e. The highest BCUT2D eigenvalue weighted by molar-refractivity contribution is 6.31. The van der Waals surface area contributed by atoms with E-state index in [1.807, 2.05) is 0 Å². The predicted octanol–water partition coefficient (Wildman–Crippen LogP) is 3.99. The van der Waals surface area contributed by atoms with Gasteiger partial charge in [-0.05, 0) is 44.4 Å². The zero-order valence-corrected chi connectivity index (χ0v) is 14.6. The van der Waals surface area contributed by atoms with Gasteiger partial charge in [-0.25, -0.2) is 0 Å². The molecule has 1 aliphatic carbocycles. The lowest BCUT2D eigenvalue weighted by Gasteiger charge is -2.52. The Bertz CT molecular complexity index is 532. The molecule has 1 aliphatic heterocycles. The van der Waals surface area contributed by atoms with E-state index in [2.05, 4.69) is 42.3 Å². The molecular formula is C18H27ClN2O. The van der Waals surface area contributed by atoms with Crippen molar-refractivity contribution < 1.29 is 4.74 Å². The van der Waals surface area contributed by atoms with E-state index < -0.39 is 0 Å². The van der Waals surface area contributed by atoms with Crippen LogP contribution in [-0.2, 0) is 11.3 Å². The maximum atomic E-state index is 6.45. The molecule has 1 saturated carbocycles. The fourth-order valence-corrected chi connectivity index (χ4v) is 4.24. The summed E-state index contributed by atoms with van der Waals surface area (Å²) in [7, 11) is 1.70. The van der Waals surface area contributed by atoms with Crippen molar-refractivity contribution in [2.24, 2.45) is 0 Å². The number of hydrogen-bond acceptors (Lipinski definition) is 3. The van der Waals surface area contributed by atoms with Gasteiger partial charge >= 0.3 is 0 Å². The van der Waals surface area contributed by atoms with Gasteiger partial charge in [-0.3, -0.25) is 0 Å². The Hall–Kier alpha value is -0.770. The second kappa shape index (κ2) is 6.38. The molecule has 0 amide bonds. The van der Waals surface area contributed by atoms with E-state index in [-0.39, 0.29) is 5.54 Å². The average molecular weight is 323 g/mol. The summed E-state index contributed by atoms with van der Waals surface area (Å²) in [5.41, 5.74) is 2.44. The van der Waals surface area contributed by atoms with Crippen LogP contribution in [0, 0.1) is 0 Å². The number of anilines is 1. The molecule has 0 bridgehead atoms. The Labute approximate surface area is 139 Å². The van der Waals surface area contributed by atoms with Crippen molar-refractivity contribution in [1.29, 1.82) is 0 Å². The second-order valence-corrected chi connectivity index (χ2v) is 7.73. The van der Waals surface area contributed by atoms with Crippen LogP contribution in [0.25, 0.3) is 0 Å². The minimum Gasteiger partial charge on any atom is -0.380 e. The Morgan fingerprint density at radius 1 is 1.32 bits per heavy atom. The van der Waals surface area contributed by atoms with Crippen molar-refractivity contribution >= 4 is 17.3 Å². The van der Waals surface area contributed by atoms with Gasteiger partial charge in [-0.2, -0.15) is 0 Å². The number of ether oxygens (including phenoxy) is 1. The van der Waals surface area contributed by atoms with Crippen molar-refractivity contribution in [2.75, 3.05) is 18.6 Å². The number of hydrogen-bond donors (Lipinski definition) is 1. The van der Waals surface area contributed by atoms with E-state index in [0.717, 1.165) is 17.1 Å². The van der Waals surface area contributed by atoms with Crippen molar-refractivity contribution in [3.8, 4) is 0 Å². The highest BCUT2D eigenvalue weighted by atomic mass is 35.5. The van der Waals surface area contributed by atoms with Crippen LogP contribution in [0.3, 0.4) is 0 Å². The third-order valence-electron chi connectivity index (χ3n) is 4.94. The molecule has 1 heterocycles. The normalized spacial score (nSPS) is 27.5. The lowest BCUT2D eigenvalue weighted by atomic mass is 9.83. The number of benzene rings is 1. The molecule has 1 N–H and O–H groups in total. The number of halogens is 1. The highest BCUT2D eigenvalue weighted by Crippen LogP contribution is 2.35. The van der Waals surface area contributed by atoms with Gasteiger partial charge < -0.3 is 15.0 Å². The first-order chi connectivity index (χ1) is 10.5. The summed E-state index contributed by atoms with van der Waals surface area (Å²) >= 11 is 6.45. The molecule has 1 saturated heterocycles. The maximum Gasteiger partial charge on any atom is 0.0727 e. The van der Waals surface area contributed by atoms with E-state index in [0.29, 0.717) is 18.7 Å². The summed E-state index contributed by atoms with van der Waals surface area (Å²) in [6.45, 7) is 6.18. The standard InChI is InChI=1S/C18H27ClN2O/c1-18(2)12-21(17-7-5-4-6-16(17)20-18)14-9-8-13(11-22-3)15(19)10-14/h8-10,16-17,20H,4-7,11-12H2,1-3H3/t16-,17-/m1/s1. The monoisotopic (exact) mass is 322 g/mol. The molecule has 0 unspecified atom stereocenters. The summed E-state index contributed by atoms with van der Waals surface area (Å²) in [4.78, 5) is 2.57. The van der Waals surface area contributed by atoms with Crippen LogP contribution < -0.4 is 10.2 Å². The van der Waals surface area contributed by atoms with Crippen molar-refractivity contribution in [3.63, 3.8) is 0 Å². The first-order valence-electron chi connectivity index (χ1n) is 8.32. The molecule has 3 rings (SSSR count). The topological polar surface area (TPSA) is 24.5 Å². The lowest BCUT2D eigenvalue weighted by Crippen LogP contribution is -2.67. The van der Waals surface area contributed by atoms with Gasteiger partial charge in [0.25, 0.3) is 0 Å². The molecule has 4 heteroatoms. The molecule has 1 aromatic rings. The first kappa shape index (κ1) is 16.1. The number of fused-ring (bicyclic) bond motifs is 1. The molecule has 0 spiro atoms. The van der Waals surface area contributed by atoms with Crippen LogP contribution in [-0.4, -0.2) is 31.3 Å². The van der Waals surface area contributed by atoms with E-state index in [1.54, 1.807) is 7.11 Å².